The maximum atomic E-state index is 5.26. The summed E-state index contributed by atoms with van der Waals surface area (Å²) in [5.74, 6) is 0. The van der Waals surface area contributed by atoms with Crippen molar-refractivity contribution < 1.29 is 0 Å². The van der Waals surface area contributed by atoms with Gasteiger partial charge in [-0.2, -0.15) is 0 Å². The molecule has 0 bridgehead atoms. The molecule has 5 aromatic carbocycles. The summed E-state index contributed by atoms with van der Waals surface area (Å²) in [6, 6.07) is 47.1. The number of fused-ring (bicyclic) bond motifs is 6. The lowest BCUT2D eigenvalue weighted by atomic mass is 9.95. The van der Waals surface area contributed by atoms with E-state index >= 15 is 0 Å². The molecule has 39 heavy (non-hydrogen) atoms. The van der Waals surface area contributed by atoms with Gasteiger partial charge in [0.1, 0.15) is 0 Å². The third kappa shape index (κ3) is 3.63. The molecule has 0 amide bonds. The molecule has 0 N–H and O–H groups in total. The second-order valence-electron chi connectivity index (χ2n) is 9.79. The van der Waals surface area contributed by atoms with Crippen LogP contribution in [0.15, 0.2) is 133 Å². The second kappa shape index (κ2) is 8.87. The Morgan fingerprint density at radius 1 is 0.410 bits per heavy atom. The molecule has 8 aromatic rings. The first-order chi connectivity index (χ1) is 19.3. The predicted octanol–water partition coefficient (Wildman–Crippen LogP) is 10.2. The first kappa shape index (κ1) is 22.2. The molecule has 0 radical (unpaired) electrons. The topological polar surface area (TPSA) is 25.8 Å². The summed E-state index contributed by atoms with van der Waals surface area (Å²) >= 11 is 1.86. The molecule has 8 rings (SSSR count). The molecular weight excluding hydrogens is 492 g/mol. The molecule has 0 aliphatic heterocycles. The number of rotatable bonds is 3. The Balaban J connectivity index is 1.35. The summed E-state index contributed by atoms with van der Waals surface area (Å²) in [4.78, 5) is 10.4. The van der Waals surface area contributed by atoms with E-state index in [1.165, 1.54) is 31.3 Å². The van der Waals surface area contributed by atoms with Crippen LogP contribution in [0.4, 0.5) is 0 Å². The van der Waals surface area contributed by atoms with Crippen LogP contribution in [0.2, 0.25) is 0 Å². The van der Waals surface area contributed by atoms with Crippen LogP contribution >= 0.6 is 11.3 Å². The highest BCUT2D eigenvalue weighted by atomic mass is 32.1. The van der Waals surface area contributed by atoms with Gasteiger partial charge in [-0.25, -0.2) is 9.97 Å². The smallest absolute Gasteiger partial charge is 0.0972 e. The van der Waals surface area contributed by atoms with Gasteiger partial charge in [0.05, 0.1) is 22.4 Å². The van der Waals surface area contributed by atoms with E-state index in [4.69, 9.17) is 9.97 Å². The van der Waals surface area contributed by atoms with Gasteiger partial charge in [0.2, 0.25) is 0 Å². The number of benzene rings is 5. The molecule has 0 fully saturated rings. The number of thiophene rings is 1. The number of hydrogen-bond donors (Lipinski definition) is 0. The van der Waals surface area contributed by atoms with E-state index in [1.807, 2.05) is 17.4 Å². The lowest BCUT2D eigenvalue weighted by Crippen LogP contribution is -1.92. The van der Waals surface area contributed by atoms with E-state index in [2.05, 4.69) is 127 Å². The van der Waals surface area contributed by atoms with Gasteiger partial charge < -0.3 is 0 Å². The van der Waals surface area contributed by atoms with Crippen molar-refractivity contribution in [3.05, 3.63) is 133 Å². The van der Waals surface area contributed by atoms with Crippen molar-refractivity contribution in [1.82, 2.24) is 9.97 Å². The number of pyridine rings is 2. The average Bonchev–Trinajstić information content (AvgIpc) is 3.40. The van der Waals surface area contributed by atoms with E-state index < -0.39 is 0 Å². The second-order valence-corrected chi connectivity index (χ2v) is 10.8. The largest absolute Gasteiger partial charge is 0.245 e. The van der Waals surface area contributed by atoms with Crippen LogP contribution in [0, 0.1) is 0 Å². The van der Waals surface area contributed by atoms with Gasteiger partial charge in [-0.15, -0.1) is 11.3 Å². The summed E-state index contributed by atoms with van der Waals surface area (Å²) in [5.41, 5.74) is 8.44. The zero-order valence-corrected chi connectivity index (χ0v) is 21.8. The zero-order valence-electron chi connectivity index (χ0n) is 21.0. The molecular formula is C36H22N2S. The summed E-state index contributed by atoms with van der Waals surface area (Å²) in [5, 5.41) is 4.80. The molecule has 0 unspecified atom stereocenters. The quantitative estimate of drug-likeness (QED) is 0.219. The Labute approximate surface area is 229 Å². The molecule has 0 aliphatic carbocycles. The fraction of sp³-hybridized carbons (Fsp3) is 0. The zero-order chi connectivity index (χ0) is 25.8. The van der Waals surface area contributed by atoms with Crippen LogP contribution < -0.4 is 0 Å². The molecule has 3 heterocycles. The van der Waals surface area contributed by atoms with Gasteiger partial charge in [-0.3, -0.25) is 0 Å². The molecule has 3 aromatic heterocycles. The molecule has 0 spiro atoms. The maximum Gasteiger partial charge on any atom is 0.0972 e. The third-order valence-electron chi connectivity index (χ3n) is 7.49. The predicted molar refractivity (Wildman–Crippen MR) is 166 cm³/mol. The summed E-state index contributed by atoms with van der Waals surface area (Å²) in [6.07, 6.45) is 0. The molecule has 0 aliphatic rings. The van der Waals surface area contributed by atoms with E-state index in [0.29, 0.717) is 0 Å². The third-order valence-corrected chi connectivity index (χ3v) is 8.71. The van der Waals surface area contributed by atoms with Crippen LogP contribution in [0.5, 0.6) is 0 Å². The van der Waals surface area contributed by atoms with Crippen molar-refractivity contribution in [1.29, 1.82) is 0 Å². The van der Waals surface area contributed by atoms with E-state index in [-0.39, 0.29) is 0 Å². The summed E-state index contributed by atoms with van der Waals surface area (Å²) < 4.78 is 2.62. The highest BCUT2D eigenvalue weighted by Gasteiger charge is 2.15. The van der Waals surface area contributed by atoms with Gasteiger partial charge in [0, 0.05) is 47.6 Å². The Morgan fingerprint density at radius 3 is 1.82 bits per heavy atom. The Bertz CT molecular complexity index is 2180. The fourth-order valence-electron chi connectivity index (χ4n) is 5.59. The minimum Gasteiger partial charge on any atom is -0.245 e. The minimum atomic E-state index is 0.928. The fourth-order valence-corrected chi connectivity index (χ4v) is 6.82. The first-order valence-corrected chi connectivity index (χ1v) is 13.9. The van der Waals surface area contributed by atoms with Crippen molar-refractivity contribution >= 4 is 53.3 Å². The van der Waals surface area contributed by atoms with Gasteiger partial charge in [-0.1, -0.05) is 115 Å². The molecule has 0 saturated carbocycles. The lowest BCUT2D eigenvalue weighted by Gasteiger charge is -2.12. The van der Waals surface area contributed by atoms with Crippen LogP contribution in [0.1, 0.15) is 0 Å². The molecule has 182 valence electrons. The lowest BCUT2D eigenvalue weighted by molar-refractivity contribution is 1.36. The summed E-state index contributed by atoms with van der Waals surface area (Å²) in [7, 11) is 0. The van der Waals surface area contributed by atoms with Crippen LogP contribution in [0.3, 0.4) is 0 Å². The maximum absolute atomic E-state index is 5.26. The SMILES string of the molecule is c1ccc(-c2ccc3ccc4ccc(-c5ccccc5-c5cccc6c5sc5ccccc56)nc4c3n2)cc1. The van der Waals surface area contributed by atoms with Crippen molar-refractivity contribution in [3.63, 3.8) is 0 Å². The molecule has 3 heteroatoms. The van der Waals surface area contributed by atoms with E-state index in [9.17, 15) is 0 Å². The Kier molecular flexibility index (Phi) is 5.04. The molecule has 0 atom stereocenters. The van der Waals surface area contributed by atoms with Crippen molar-refractivity contribution in [2.45, 2.75) is 0 Å². The number of aromatic nitrogens is 2. The molecule has 0 saturated heterocycles. The monoisotopic (exact) mass is 514 g/mol. The number of hydrogen-bond acceptors (Lipinski definition) is 3. The standard InChI is InChI=1S/C36H22N2S/c1-2-9-23(10-3-1)31-21-19-24-17-18-25-20-22-32(38-35(25)34(24)37-31)27-12-5-4-11-26(27)29-14-8-15-30-28-13-6-7-16-33(28)39-36(29)30/h1-22H. The van der Waals surface area contributed by atoms with Gasteiger partial charge in [-0.05, 0) is 23.8 Å². The molecule has 2 nitrogen and oxygen atoms in total. The minimum absolute atomic E-state index is 0.928. The first-order valence-electron chi connectivity index (χ1n) is 13.1. The summed E-state index contributed by atoms with van der Waals surface area (Å²) in [6.45, 7) is 0. The Hall–Kier alpha value is -4.86. The van der Waals surface area contributed by atoms with Crippen LogP contribution in [-0.2, 0) is 0 Å². The Morgan fingerprint density at radius 2 is 1.00 bits per heavy atom. The highest BCUT2D eigenvalue weighted by molar-refractivity contribution is 7.26. The highest BCUT2D eigenvalue weighted by Crippen LogP contribution is 2.42. The van der Waals surface area contributed by atoms with Gasteiger partial charge in [0.15, 0.2) is 0 Å². The van der Waals surface area contributed by atoms with E-state index in [1.54, 1.807) is 0 Å². The van der Waals surface area contributed by atoms with Crippen LogP contribution in [0.25, 0.3) is 75.6 Å². The van der Waals surface area contributed by atoms with Gasteiger partial charge in [0.25, 0.3) is 0 Å². The average molecular weight is 515 g/mol. The number of nitrogens with zero attached hydrogens (tertiary/aromatic N) is 2. The van der Waals surface area contributed by atoms with Crippen molar-refractivity contribution in [2.75, 3.05) is 0 Å². The van der Waals surface area contributed by atoms with E-state index in [0.717, 1.165) is 44.3 Å². The van der Waals surface area contributed by atoms with Crippen LogP contribution in [-0.4, -0.2) is 9.97 Å². The van der Waals surface area contributed by atoms with Crippen molar-refractivity contribution in [2.24, 2.45) is 0 Å². The normalized spacial score (nSPS) is 11.6. The van der Waals surface area contributed by atoms with Gasteiger partial charge >= 0.3 is 0 Å². The van der Waals surface area contributed by atoms with Crippen molar-refractivity contribution in [3.8, 4) is 33.6 Å².